The third-order valence-electron chi connectivity index (χ3n) is 4.45. The molecule has 144 valence electrons. The molecule has 8 heteroatoms. The molecule has 0 saturated carbocycles. The molecule has 0 bridgehead atoms. The number of hydrogen-bond acceptors (Lipinski definition) is 3. The first-order valence-electron chi connectivity index (χ1n) is 8.19. The van der Waals surface area contributed by atoms with Crippen LogP contribution in [0.5, 0.6) is 11.5 Å². The molecule has 0 atom stereocenters. The lowest BCUT2D eigenvalue weighted by molar-refractivity contribution is -0.137. The van der Waals surface area contributed by atoms with Crippen LogP contribution in [0.2, 0.25) is 5.02 Å². The molecule has 1 aliphatic rings. The number of carbonyl (C=O) groups excluding carboxylic acids is 1. The maximum Gasteiger partial charge on any atom is 0.416 e. The second-order valence-corrected chi connectivity index (χ2v) is 6.50. The fourth-order valence-corrected chi connectivity index (χ4v) is 3.47. The first kappa shape index (κ1) is 19.4. The molecule has 0 radical (unpaired) electrons. The molecule has 27 heavy (non-hydrogen) atoms. The number of carbonyl (C=O) groups is 1. The van der Waals surface area contributed by atoms with Gasteiger partial charge in [0.15, 0.2) is 11.5 Å². The Kier molecular flexibility index (Phi) is 5.24. The van der Waals surface area contributed by atoms with Crippen molar-refractivity contribution in [2.24, 2.45) is 0 Å². The van der Waals surface area contributed by atoms with Gasteiger partial charge in [-0.25, -0.2) is 0 Å². The third kappa shape index (κ3) is 3.69. The highest BCUT2D eigenvalue weighted by atomic mass is 35.5. The quantitative estimate of drug-likeness (QED) is 0.731. The van der Waals surface area contributed by atoms with Crippen LogP contribution in [0.1, 0.15) is 27.9 Å². The zero-order valence-corrected chi connectivity index (χ0v) is 15.4. The highest BCUT2D eigenvalue weighted by Gasteiger charge is 2.33. The van der Waals surface area contributed by atoms with Crippen molar-refractivity contribution in [2.45, 2.75) is 19.0 Å². The average Bonchev–Trinajstić information content (AvgIpc) is 2.65. The van der Waals surface area contributed by atoms with Gasteiger partial charge in [0.1, 0.15) is 0 Å². The summed E-state index contributed by atoms with van der Waals surface area (Å²) in [4.78, 5) is 14.5. The van der Waals surface area contributed by atoms with Crippen molar-refractivity contribution in [3.8, 4) is 11.5 Å². The molecule has 0 fully saturated rings. The topological polar surface area (TPSA) is 38.8 Å². The Hall–Kier alpha value is -2.41. The van der Waals surface area contributed by atoms with Gasteiger partial charge in [0, 0.05) is 17.8 Å². The fraction of sp³-hybridized carbons (Fsp3) is 0.316. The number of benzene rings is 2. The molecule has 2 aromatic carbocycles. The number of fused-ring (bicyclic) bond motifs is 1. The molecule has 0 spiro atoms. The summed E-state index contributed by atoms with van der Waals surface area (Å²) in [6.45, 7) is 0.406. The zero-order chi connectivity index (χ0) is 19.8. The molecule has 1 amide bonds. The maximum atomic E-state index is 13.0. The van der Waals surface area contributed by atoms with E-state index < -0.39 is 11.7 Å². The number of anilines is 1. The van der Waals surface area contributed by atoms with Crippen LogP contribution in [0.25, 0.3) is 0 Å². The van der Waals surface area contributed by atoms with Crippen LogP contribution in [0.4, 0.5) is 18.9 Å². The Labute approximate surface area is 159 Å². The van der Waals surface area contributed by atoms with E-state index in [0.29, 0.717) is 42.1 Å². The first-order chi connectivity index (χ1) is 12.8. The van der Waals surface area contributed by atoms with Gasteiger partial charge in [-0.1, -0.05) is 11.6 Å². The second kappa shape index (κ2) is 7.31. The van der Waals surface area contributed by atoms with Crippen molar-refractivity contribution in [3.05, 3.63) is 52.0 Å². The van der Waals surface area contributed by atoms with Crippen LogP contribution < -0.4 is 14.4 Å². The summed E-state index contributed by atoms with van der Waals surface area (Å²) in [6, 6.07) is 6.41. The summed E-state index contributed by atoms with van der Waals surface area (Å²) in [6.07, 6.45) is -3.37. The largest absolute Gasteiger partial charge is 0.493 e. The van der Waals surface area contributed by atoms with E-state index in [-0.39, 0.29) is 16.5 Å². The van der Waals surface area contributed by atoms with Gasteiger partial charge in [0.05, 0.1) is 24.8 Å². The lowest BCUT2D eigenvalue weighted by Gasteiger charge is -2.30. The second-order valence-electron chi connectivity index (χ2n) is 6.10. The van der Waals surface area contributed by atoms with Crippen molar-refractivity contribution in [2.75, 3.05) is 25.7 Å². The van der Waals surface area contributed by atoms with E-state index in [1.54, 1.807) is 0 Å². The average molecular weight is 400 g/mol. The molecule has 3 rings (SSSR count). The maximum absolute atomic E-state index is 13.0. The first-order valence-corrected chi connectivity index (χ1v) is 8.57. The summed E-state index contributed by atoms with van der Waals surface area (Å²) in [5.74, 6) is 0.251. The summed E-state index contributed by atoms with van der Waals surface area (Å²) >= 11 is 6.17. The molecule has 0 saturated heterocycles. The Morgan fingerprint density at radius 3 is 2.52 bits per heavy atom. The van der Waals surface area contributed by atoms with Crippen molar-refractivity contribution in [1.29, 1.82) is 0 Å². The van der Waals surface area contributed by atoms with Gasteiger partial charge < -0.3 is 14.4 Å². The monoisotopic (exact) mass is 399 g/mol. The van der Waals surface area contributed by atoms with Crippen LogP contribution in [0, 0.1) is 0 Å². The van der Waals surface area contributed by atoms with Gasteiger partial charge in [-0.15, -0.1) is 0 Å². The summed E-state index contributed by atoms with van der Waals surface area (Å²) in [7, 11) is 2.86. The highest BCUT2D eigenvalue weighted by Crippen LogP contribution is 2.38. The predicted molar refractivity (Wildman–Crippen MR) is 96.0 cm³/mol. The molecule has 4 nitrogen and oxygen atoms in total. The molecule has 2 aromatic rings. The van der Waals surface area contributed by atoms with Gasteiger partial charge in [0.25, 0.3) is 5.91 Å². The molecule has 0 aliphatic carbocycles. The molecular weight excluding hydrogens is 383 g/mol. The van der Waals surface area contributed by atoms with Crippen molar-refractivity contribution >= 4 is 23.2 Å². The van der Waals surface area contributed by atoms with Gasteiger partial charge >= 0.3 is 6.18 Å². The minimum Gasteiger partial charge on any atom is -0.493 e. The molecular formula is C19H17ClF3NO3. The third-order valence-corrected chi connectivity index (χ3v) is 4.73. The van der Waals surface area contributed by atoms with Crippen LogP contribution >= 0.6 is 11.6 Å². The molecule has 0 N–H and O–H groups in total. The number of halogens is 4. The van der Waals surface area contributed by atoms with E-state index in [0.717, 1.165) is 12.1 Å². The van der Waals surface area contributed by atoms with Gasteiger partial charge in [-0.2, -0.15) is 13.2 Å². The molecule has 0 aromatic heterocycles. The van der Waals surface area contributed by atoms with Gasteiger partial charge in [0.2, 0.25) is 0 Å². The summed E-state index contributed by atoms with van der Waals surface area (Å²) < 4.78 is 49.2. The standard InChI is InChI=1S/C19H17ClF3NO3/c1-26-16-10-12(9-14(20)17(16)27-2)18(25)24-7-3-4-11-8-13(19(21,22)23)5-6-15(11)24/h5-6,8-10H,3-4,7H2,1-2H3. The summed E-state index contributed by atoms with van der Waals surface area (Å²) in [5.41, 5.74) is 0.524. The Morgan fingerprint density at radius 2 is 1.89 bits per heavy atom. The van der Waals surface area contributed by atoms with E-state index in [1.807, 2.05) is 0 Å². The number of amides is 1. The van der Waals surface area contributed by atoms with E-state index in [9.17, 15) is 18.0 Å². The number of hydrogen-bond donors (Lipinski definition) is 0. The van der Waals surface area contributed by atoms with Crippen LogP contribution in [-0.4, -0.2) is 26.7 Å². The molecule has 1 heterocycles. The highest BCUT2D eigenvalue weighted by molar-refractivity contribution is 6.32. The van der Waals surface area contributed by atoms with E-state index >= 15 is 0 Å². The van der Waals surface area contributed by atoms with Gasteiger partial charge in [-0.05, 0) is 48.7 Å². The van der Waals surface area contributed by atoms with Crippen molar-refractivity contribution in [3.63, 3.8) is 0 Å². The number of nitrogens with zero attached hydrogens (tertiary/aromatic N) is 1. The SMILES string of the molecule is COc1cc(C(=O)N2CCCc3cc(C(F)(F)F)ccc32)cc(Cl)c1OC. The van der Waals surface area contributed by atoms with E-state index in [2.05, 4.69) is 0 Å². The van der Waals surface area contributed by atoms with E-state index in [1.165, 1.54) is 37.3 Å². The normalized spacial score (nSPS) is 13.9. The number of rotatable bonds is 3. The smallest absolute Gasteiger partial charge is 0.416 e. The Morgan fingerprint density at radius 1 is 1.15 bits per heavy atom. The lowest BCUT2D eigenvalue weighted by Crippen LogP contribution is -2.35. The van der Waals surface area contributed by atoms with Crippen molar-refractivity contribution in [1.82, 2.24) is 0 Å². The molecule has 0 unspecified atom stereocenters. The molecule has 1 aliphatic heterocycles. The number of alkyl halides is 3. The van der Waals surface area contributed by atoms with Gasteiger partial charge in [-0.3, -0.25) is 4.79 Å². The van der Waals surface area contributed by atoms with Crippen LogP contribution in [0.3, 0.4) is 0 Å². The van der Waals surface area contributed by atoms with E-state index in [4.69, 9.17) is 21.1 Å². The number of aryl methyl sites for hydroxylation is 1. The lowest BCUT2D eigenvalue weighted by atomic mass is 9.98. The minimum atomic E-state index is -4.42. The van der Waals surface area contributed by atoms with Crippen LogP contribution in [0.15, 0.2) is 30.3 Å². The Balaban J connectivity index is 1.99. The summed E-state index contributed by atoms with van der Waals surface area (Å²) in [5, 5.41) is 0.213. The zero-order valence-electron chi connectivity index (χ0n) is 14.7. The fourth-order valence-electron chi connectivity index (χ4n) is 3.18. The predicted octanol–water partition coefficient (Wildman–Crippen LogP) is 4.97. The Bertz CT molecular complexity index is 883. The van der Waals surface area contributed by atoms with Crippen molar-refractivity contribution < 1.29 is 27.4 Å². The van der Waals surface area contributed by atoms with Crippen LogP contribution in [-0.2, 0) is 12.6 Å². The number of ether oxygens (including phenoxy) is 2. The minimum absolute atomic E-state index is 0.213. The number of methoxy groups -OCH3 is 2.